The van der Waals surface area contributed by atoms with Crippen molar-refractivity contribution in [2.24, 2.45) is 0 Å². The van der Waals surface area contributed by atoms with Gasteiger partial charge in [-0.1, -0.05) is 21.9 Å². The summed E-state index contributed by atoms with van der Waals surface area (Å²) in [5.41, 5.74) is 0. The van der Waals surface area contributed by atoms with Crippen LogP contribution < -0.4 is 5.32 Å². The van der Waals surface area contributed by atoms with Gasteiger partial charge in [-0.05, 0) is 0 Å². The molecule has 0 aliphatic rings. The zero-order valence-electron chi connectivity index (χ0n) is 3.52. The highest BCUT2D eigenvalue weighted by molar-refractivity contribution is 9.09. The lowest BCUT2D eigenvalue weighted by molar-refractivity contribution is -0.109. The van der Waals surface area contributed by atoms with Crippen molar-refractivity contribution in [3.05, 3.63) is 0 Å². The summed E-state index contributed by atoms with van der Waals surface area (Å²) in [5, 5.41) is 2.30. The normalized spacial score (nSPS) is 11.4. The molecule has 0 radical (unpaired) electrons. The van der Waals surface area contributed by atoms with Gasteiger partial charge in [-0.3, -0.25) is 4.79 Å². The molecule has 0 saturated carbocycles. The molecule has 0 aromatic rings. The van der Waals surface area contributed by atoms with E-state index in [0.717, 1.165) is 0 Å². The largest absolute Gasteiger partial charge is 0.336 e. The number of amides is 1. The number of hydrogen-bond donors (Lipinski definition) is 1. The highest BCUT2D eigenvalue weighted by Crippen LogP contribution is 1.86. The van der Waals surface area contributed by atoms with E-state index in [-0.39, 0.29) is 4.95 Å². The molecular weight excluding hydrogens is 158 g/mol. The van der Waals surface area contributed by atoms with Gasteiger partial charge in [0, 0.05) is 0 Å². The third kappa shape index (κ3) is 3.34. The summed E-state index contributed by atoms with van der Waals surface area (Å²) in [7, 11) is 0. The third-order valence-electron chi connectivity index (χ3n) is 0.361. The molecule has 38 valence electrons. The van der Waals surface area contributed by atoms with Crippen LogP contribution in [0, 0.1) is 12.3 Å². The lowest BCUT2D eigenvalue weighted by Crippen LogP contribution is -2.18. The van der Waals surface area contributed by atoms with Gasteiger partial charge in [-0.2, -0.15) is 0 Å². The molecule has 0 spiro atoms. The molecule has 0 rings (SSSR count). The van der Waals surface area contributed by atoms with Crippen LogP contribution in [0.1, 0.15) is 0 Å². The molecule has 0 bridgehead atoms. The van der Waals surface area contributed by atoms with Crippen LogP contribution in [0.5, 0.6) is 0 Å². The maximum Gasteiger partial charge on any atom is 0.208 e. The highest BCUT2D eigenvalue weighted by atomic mass is 79.9. The summed E-state index contributed by atoms with van der Waals surface area (Å²) >= 11 is 2.96. The van der Waals surface area contributed by atoms with Gasteiger partial charge in [0.05, 0.1) is 0 Å². The van der Waals surface area contributed by atoms with Crippen molar-refractivity contribution in [1.82, 2.24) is 5.32 Å². The van der Waals surface area contributed by atoms with E-state index in [1.54, 1.807) is 0 Å². The summed E-state index contributed by atoms with van der Waals surface area (Å²) in [6.07, 6.45) is 5.38. The summed E-state index contributed by atoms with van der Waals surface area (Å²) in [6, 6.07) is 0. The molecule has 0 fully saturated rings. The Hall–Kier alpha value is -0.490. The first-order chi connectivity index (χ1) is 3.31. The van der Waals surface area contributed by atoms with Crippen LogP contribution in [0.15, 0.2) is 0 Å². The second kappa shape index (κ2) is 3.69. The predicted octanol–water partition coefficient (Wildman–Crippen LogP) is 0.0866. The molecule has 0 aromatic heterocycles. The number of halogens is 1. The predicted molar refractivity (Wildman–Crippen MR) is 30.7 cm³/mol. The maximum absolute atomic E-state index is 9.54. The van der Waals surface area contributed by atoms with Crippen molar-refractivity contribution in [2.45, 2.75) is 4.95 Å². The molecule has 1 N–H and O–H groups in total. The van der Waals surface area contributed by atoms with E-state index in [1.807, 2.05) is 0 Å². The molecule has 1 amide bonds. The van der Waals surface area contributed by atoms with E-state index in [1.165, 1.54) is 0 Å². The maximum atomic E-state index is 9.54. The smallest absolute Gasteiger partial charge is 0.208 e. The van der Waals surface area contributed by atoms with E-state index in [9.17, 15) is 4.79 Å². The Morgan fingerprint density at radius 1 is 2.00 bits per heavy atom. The highest BCUT2D eigenvalue weighted by Gasteiger charge is 1.88. The Balaban J connectivity index is 3.21. The summed E-state index contributed by atoms with van der Waals surface area (Å²) in [5.74, 6) is 2.24. The second-order valence-electron chi connectivity index (χ2n) is 0.814. The van der Waals surface area contributed by atoms with Gasteiger partial charge >= 0.3 is 0 Å². The van der Waals surface area contributed by atoms with E-state index in [0.29, 0.717) is 6.41 Å². The Kier molecular flexibility index (Phi) is 3.43. The molecule has 3 heteroatoms. The van der Waals surface area contributed by atoms with Crippen molar-refractivity contribution in [3.63, 3.8) is 0 Å². The van der Waals surface area contributed by atoms with Crippen LogP contribution in [-0.4, -0.2) is 11.4 Å². The topological polar surface area (TPSA) is 29.1 Å². The third-order valence-corrected chi connectivity index (χ3v) is 0.889. The Morgan fingerprint density at radius 3 is 2.71 bits per heavy atom. The summed E-state index contributed by atoms with van der Waals surface area (Å²) in [4.78, 5) is 9.21. The van der Waals surface area contributed by atoms with Gasteiger partial charge in [-0.25, -0.2) is 0 Å². The summed E-state index contributed by atoms with van der Waals surface area (Å²) in [6.45, 7) is 0. The molecule has 0 heterocycles. The van der Waals surface area contributed by atoms with E-state index < -0.39 is 0 Å². The number of hydrogen-bond acceptors (Lipinski definition) is 1. The van der Waals surface area contributed by atoms with Crippen LogP contribution in [0.3, 0.4) is 0 Å². The molecule has 0 aliphatic heterocycles. The minimum Gasteiger partial charge on any atom is -0.336 e. The monoisotopic (exact) mass is 161 g/mol. The molecule has 0 saturated heterocycles. The zero-order chi connectivity index (χ0) is 5.70. The van der Waals surface area contributed by atoms with Gasteiger partial charge in [0.25, 0.3) is 0 Å². The quantitative estimate of drug-likeness (QED) is 0.265. The fourth-order valence-electron chi connectivity index (χ4n) is 0.108. The minimum absolute atomic E-state index is 0.329. The first-order valence-corrected chi connectivity index (χ1v) is 2.52. The van der Waals surface area contributed by atoms with Crippen LogP contribution >= 0.6 is 15.9 Å². The zero-order valence-corrected chi connectivity index (χ0v) is 5.10. The van der Waals surface area contributed by atoms with Crippen molar-refractivity contribution in [1.29, 1.82) is 0 Å². The SMILES string of the molecule is C#CC(Br)NC=O. The molecule has 2 nitrogen and oxygen atoms in total. The van der Waals surface area contributed by atoms with E-state index in [4.69, 9.17) is 6.42 Å². The lowest BCUT2D eigenvalue weighted by Gasteiger charge is -1.93. The van der Waals surface area contributed by atoms with Crippen LogP contribution in [0.2, 0.25) is 0 Å². The van der Waals surface area contributed by atoms with Crippen LogP contribution in [0.4, 0.5) is 0 Å². The second-order valence-corrected chi connectivity index (χ2v) is 1.73. The molecule has 0 aliphatic carbocycles. The summed E-state index contributed by atoms with van der Waals surface area (Å²) < 4.78 is 0. The lowest BCUT2D eigenvalue weighted by atomic mass is 10.7. The fourth-order valence-corrected chi connectivity index (χ4v) is 0.216. The van der Waals surface area contributed by atoms with Crippen molar-refractivity contribution >= 4 is 22.3 Å². The molecular formula is C4H4BrNO. The Labute approximate surface area is 50.4 Å². The van der Waals surface area contributed by atoms with E-state index in [2.05, 4.69) is 27.2 Å². The first-order valence-electron chi connectivity index (χ1n) is 1.61. The van der Waals surface area contributed by atoms with Gasteiger partial charge in [-0.15, -0.1) is 6.42 Å². The van der Waals surface area contributed by atoms with Crippen LogP contribution in [0.25, 0.3) is 0 Å². The molecule has 1 unspecified atom stereocenters. The number of nitrogens with one attached hydrogen (secondary N) is 1. The average molecular weight is 162 g/mol. The van der Waals surface area contributed by atoms with Gasteiger partial charge in [0.15, 0.2) is 0 Å². The standard InChI is InChI=1S/C4H4BrNO/c1-2-4(5)6-3-7/h1,3-4H,(H,6,7). The number of terminal acetylenes is 1. The van der Waals surface area contributed by atoms with Crippen molar-refractivity contribution < 1.29 is 4.79 Å². The number of rotatable bonds is 2. The number of alkyl halides is 1. The van der Waals surface area contributed by atoms with Crippen LogP contribution in [-0.2, 0) is 4.79 Å². The van der Waals surface area contributed by atoms with Crippen molar-refractivity contribution in [2.75, 3.05) is 0 Å². The number of carbonyl (C=O) groups is 1. The minimum atomic E-state index is -0.329. The van der Waals surface area contributed by atoms with E-state index >= 15 is 0 Å². The van der Waals surface area contributed by atoms with Gasteiger partial charge < -0.3 is 5.32 Å². The Bertz CT molecular complexity index is 96.4. The van der Waals surface area contributed by atoms with Gasteiger partial charge in [0.2, 0.25) is 6.41 Å². The fraction of sp³-hybridized carbons (Fsp3) is 0.250. The van der Waals surface area contributed by atoms with Gasteiger partial charge in [0.1, 0.15) is 4.95 Å². The molecule has 1 atom stereocenters. The van der Waals surface area contributed by atoms with Crippen molar-refractivity contribution in [3.8, 4) is 12.3 Å². The first kappa shape index (κ1) is 6.51. The number of carbonyl (C=O) groups excluding carboxylic acids is 1. The average Bonchev–Trinajstić information content (AvgIpc) is 1.68. The Morgan fingerprint density at radius 2 is 2.57 bits per heavy atom. The molecule has 7 heavy (non-hydrogen) atoms. The molecule has 0 aromatic carbocycles.